The maximum Gasteiger partial charge on any atom is 0.139 e. The molecule has 4 nitrogen and oxygen atoms in total. The highest BCUT2D eigenvalue weighted by Gasteiger charge is 2.23. The van der Waals surface area contributed by atoms with Crippen molar-refractivity contribution in [3.63, 3.8) is 0 Å². The van der Waals surface area contributed by atoms with E-state index < -0.39 is 0 Å². The molecule has 3 heterocycles. The van der Waals surface area contributed by atoms with Gasteiger partial charge in [0.1, 0.15) is 5.65 Å². The number of aromatic amines is 1. The third-order valence-electron chi connectivity index (χ3n) is 3.38. The third kappa shape index (κ3) is 1.92. The molecule has 3 rings (SSSR count). The second-order valence-electron chi connectivity index (χ2n) is 4.55. The van der Waals surface area contributed by atoms with E-state index in [2.05, 4.69) is 15.3 Å². The Hall–Kier alpha value is -1.10. The highest BCUT2D eigenvalue weighted by molar-refractivity contribution is 6.35. The van der Waals surface area contributed by atoms with Crippen molar-refractivity contribution in [2.45, 2.75) is 24.9 Å². The van der Waals surface area contributed by atoms with Crippen molar-refractivity contribution in [3.8, 4) is 0 Å². The zero-order valence-corrected chi connectivity index (χ0v) is 10.2. The van der Waals surface area contributed by atoms with E-state index in [1.165, 1.54) is 5.56 Å². The number of hydrogen-bond donors (Lipinski definition) is 3. The summed E-state index contributed by atoms with van der Waals surface area (Å²) >= 11 is 6.20. The van der Waals surface area contributed by atoms with Gasteiger partial charge in [-0.1, -0.05) is 11.6 Å². The first-order valence-electron chi connectivity index (χ1n) is 5.86. The Labute approximate surface area is 105 Å². The summed E-state index contributed by atoms with van der Waals surface area (Å²) in [7, 11) is 0. The molecule has 0 saturated carbocycles. The molecule has 2 unspecified atom stereocenters. The Morgan fingerprint density at radius 3 is 3.18 bits per heavy atom. The molecule has 0 aromatic carbocycles. The number of aromatic nitrogens is 2. The highest BCUT2D eigenvalue weighted by Crippen LogP contribution is 2.32. The molecular formula is C12H15ClN4. The van der Waals surface area contributed by atoms with Crippen LogP contribution in [-0.2, 0) is 0 Å². The average molecular weight is 251 g/mol. The van der Waals surface area contributed by atoms with Crippen LogP contribution in [0.2, 0.25) is 5.02 Å². The van der Waals surface area contributed by atoms with Gasteiger partial charge in [-0.15, -0.1) is 0 Å². The molecule has 0 radical (unpaired) electrons. The fourth-order valence-corrected chi connectivity index (χ4v) is 2.77. The number of hydrogen-bond acceptors (Lipinski definition) is 3. The second-order valence-corrected chi connectivity index (χ2v) is 4.96. The molecule has 0 amide bonds. The van der Waals surface area contributed by atoms with E-state index in [-0.39, 0.29) is 12.1 Å². The smallest absolute Gasteiger partial charge is 0.139 e. The molecule has 2 aromatic heterocycles. The standard InChI is InChI=1S/C12H15ClN4/c13-9-6-17-12-11(9)8(2-4-16-12)10-5-7(14)1-3-15-10/h2,4,6-7,10,15H,1,3,5,14H2,(H,16,17). The van der Waals surface area contributed by atoms with Gasteiger partial charge in [0.15, 0.2) is 0 Å². The number of H-pyrrole nitrogens is 1. The van der Waals surface area contributed by atoms with E-state index in [4.69, 9.17) is 17.3 Å². The summed E-state index contributed by atoms with van der Waals surface area (Å²) in [6, 6.07) is 2.57. The van der Waals surface area contributed by atoms with Gasteiger partial charge in [0, 0.05) is 29.9 Å². The Kier molecular flexibility index (Phi) is 2.78. The van der Waals surface area contributed by atoms with Crippen LogP contribution in [0.3, 0.4) is 0 Å². The summed E-state index contributed by atoms with van der Waals surface area (Å²) < 4.78 is 0. The van der Waals surface area contributed by atoms with Crippen molar-refractivity contribution in [2.75, 3.05) is 6.54 Å². The SMILES string of the molecule is NC1CCNC(c2ccnc3[nH]cc(Cl)c23)C1. The first kappa shape index (κ1) is 11.0. The Bertz CT molecular complexity index is 536. The number of piperidine rings is 1. The van der Waals surface area contributed by atoms with Gasteiger partial charge in [-0.2, -0.15) is 0 Å². The molecule has 2 aromatic rings. The van der Waals surface area contributed by atoms with Gasteiger partial charge < -0.3 is 16.0 Å². The summed E-state index contributed by atoms with van der Waals surface area (Å²) in [5, 5.41) is 5.24. The molecule has 5 heteroatoms. The van der Waals surface area contributed by atoms with E-state index in [1.807, 2.05) is 12.3 Å². The normalized spacial score (nSPS) is 25.3. The fourth-order valence-electron chi connectivity index (χ4n) is 2.52. The van der Waals surface area contributed by atoms with Gasteiger partial charge in [-0.3, -0.25) is 0 Å². The van der Waals surface area contributed by atoms with Crippen molar-refractivity contribution in [2.24, 2.45) is 5.73 Å². The molecule has 1 aliphatic rings. The minimum Gasteiger partial charge on any atom is -0.345 e. The van der Waals surface area contributed by atoms with Crippen LogP contribution in [0.4, 0.5) is 0 Å². The van der Waals surface area contributed by atoms with Crippen LogP contribution in [-0.4, -0.2) is 22.6 Å². The molecule has 1 fully saturated rings. The van der Waals surface area contributed by atoms with Crippen LogP contribution in [0.15, 0.2) is 18.5 Å². The second kappa shape index (κ2) is 4.29. The van der Waals surface area contributed by atoms with Crippen LogP contribution in [0.25, 0.3) is 11.0 Å². The monoisotopic (exact) mass is 250 g/mol. The van der Waals surface area contributed by atoms with E-state index in [0.29, 0.717) is 0 Å². The number of fused-ring (bicyclic) bond motifs is 1. The summed E-state index contributed by atoms with van der Waals surface area (Å²) in [5.41, 5.74) is 8.06. The first-order valence-corrected chi connectivity index (χ1v) is 6.24. The molecule has 0 bridgehead atoms. The van der Waals surface area contributed by atoms with Gasteiger partial charge in [0.25, 0.3) is 0 Å². The molecule has 0 aliphatic carbocycles. The van der Waals surface area contributed by atoms with Crippen molar-refractivity contribution in [3.05, 3.63) is 29.0 Å². The van der Waals surface area contributed by atoms with Crippen molar-refractivity contribution in [1.29, 1.82) is 0 Å². The molecule has 4 N–H and O–H groups in total. The fraction of sp³-hybridized carbons (Fsp3) is 0.417. The predicted molar refractivity (Wildman–Crippen MR) is 69.1 cm³/mol. The molecule has 0 spiro atoms. The molecule has 1 aliphatic heterocycles. The number of halogens is 1. The lowest BCUT2D eigenvalue weighted by atomic mass is 9.93. The summed E-state index contributed by atoms with van der Waals surface area (Å²) in [5.74, 6) is 0. The zero-order chi connectivity index (χ0) is 11.8. The van der Waals surface area contributed by atoms with Crippen molar-refractivity contribution in [1.82, 2.24) is 15.3 Å². The van der Waals surface area contributed by atoms with Crippen LogP contribution in [0.5, 0.6) is 0 Å². The number of rotatable bonds is 1. The Morgan fingerprint density at radius 1 is 1.47 bits per heavy atom. The van der Waals surface area contributed by atoms with Gasteiger partial charge in [-0.05, 0) is 31.0 Å². The zero-order valence-electron chi connectivity index (χ0n) is 9.41. The molecular weight excluding hydrogens is 236 g/mol. The number of nitrogens with zero attached hydrogens (tertiary/aromatic N) is 1. The average Bonchev–Trinajstić information content (AvgIpc) is 2.71. The van der Waals surface area contributed by atoms with Crippen molar-refractivity contribution < 1.29 is 0 Å². The lowest BCUT2D eigenvalue weighted by Gasteiger charge is -2.28. The quantitative estimate of drug-likeness (QED) is 0.725. The summed E-state index contributed by atoms with van der Waals surface area (Å²) in [6.45, 7) is 0.956. The Morgan fingerprint density at radius 2 is 2.35 bits per heavy atom. The van der Waals surface area contributed by atoms with Gasteiger partial charge in [0.2, 0.25) is 0 Å². The van der Waals surface area contributed by atoms with Crippen LogP contribution in [0.1, 0.15) is 24.4 Å². The molecule has 90 valence electrons. The van der Waals surface area contributed by atoms with Gasteiger partial charge in [-0.25, -0.2) is 4.98 Å². The number of nitrogens with one attached hydrogen (secondary N) is 2. The molecule has 1 saturated heterocycles. The van der Waals surface area contributed by atoms with Crippen molar-refractivity contribution >= 4 is 22.6 Å². The topological polar surface area (TPSA) is 66.7 Å². The van der Waals surface area contributed by atoms with E-state index in [9.17, 15) is 0 Å². The Balaban J connectivity index is 2.07. The largest absolute Gasteiger partial charge is 0.345 e. The minimum absolute atomic E-state index is 0.266. The van der Waals surface area contributed by atoms with Gasteiger partial charge in [0.05, 0.1) is 5.02 Å². The maximum atomic E-state index is 6.20. The molecule has 17 heavy (non-hydrogen) atoms. The number of pyridine rings is 1. The maximum absolute atomic E-state index is 6.20. The molecule has 2 atom stereocenters. The summed E-state index contributed by atoms with van der Waals surface area (Å²) in [4.78, 5) is 7.35. The lowest BCUT2D eigenvalue weighted by molar-refractivity contribution is 0.371. The highest BCUT2D eigenvalue weighted by atomic mass is 35.5. The summed E-state index contributed by atoms with van der Waals surface area (Å²) in [6.07, 6.45) is 5.57. The minimum atomic E-state index is 0.266. The number of nitrogens with two attached hydrogens (primary N) is 1. The van der Waals surface area contributed by atoms with E-state index in [1.54, 1.807) is 6.20 Å². The first-order chi connectivity index (χ1) is 8.25. The van der Waals surface area contributed by atoms with Crippen LogP contribution < -0.4 is 11.1 Å². The van der Waals surface area contributed by atoms with E-state index >= 15 is 0 Å². The van der Waals surface area contributed by atoms with Crippen LogP contribution in [0, 0.1) is 0 Å². The van der Waals surface area contributed by atoms with Crippen LogP contribution >= 0.6 is 11.6 Å². The van der Waals surface area contributed by atoms with Gasteiger partial charge >= 0.3 is 0 Å². The lowest BCUT2D eigenvalue weighted by Crippen LogP contribution is -2.38. The predicted octanol–water partition coefficient (Wildman–Crippen LogP) is 1.97. The third-order valence-corrected chi connectivity index (χ3v) is 3.68. The van der Waals surface area contributed by atoms with E-state index in [0.717, 1.165) is 35.4 Å².